The molecule has 0 amide bonds. The van der Waals surface area contributed by atoms with Gasteiger partial charge in [0, 0.05) is 16.9 Å². The van der Waals surface area contributed by atoms with E-state index in [-0.39, 0.29) is 6.04 Å². The average molecular weight is 322 g/mol. The summed E-state index contributed by atoms with van der Waals surface area (Å²) in [5.41, 5.74) is 2.79. The van der Waals surface area contributed by atoms with E-state index in [9.17, 15) is 0 Å². The van der Waals surface area contributed by atoms with Crippen molar-refractivity contribution >= 4 is 21.6 Å². The molecule has 1 atom stereocenters. The molecule has 0 aliphatic rings. The van der Waals surface area contributed by atoms with Crippen LogP contribution in [0.5, 0.6) is 5.75 Å². The van der Waals surface area contributed by atoms with Crippen molar-refractivity contribution in [1.29, 1.82) is 0 Å². The van der Waals surface area contributed by atoms with Gasteiger partial charge in [-0.3, -0.25) is 9.97 Å². The Morgan fingerprint density at radius 2 is 2.00 bits per heavy atom. The summed E-state index contributed by atoms with van der Waals surface area (Å²) in [6.07, 6.45) is 3.41. The van der Waals surface area contributed by atoms with Gasteiger partial charge < -0.3 is 10.1 Å². The van der Waals surface area contributed by atoms with Crippen LogP contribution in [0.3, 0.4) is 0 Å². The third-order valence-corrected chi connectivity index (χ3v) is 3.36. The van der Waals surface area contributed by atoms with Gasteiger partial charge in [-0.2, -0.15) is 0 Å². The number of nitrogens with one attached hydrogen (secondary N) is 1. The van der Waals surface area contributed by atoms with Crippen LogP contribution in [0, 0.1) is 6.92 Å². The molecular formula is C14H16BrN3O. The van der Waals surface area contributed by atoms with Crippen molar-refractivity contribution in [3.8, 4) is 5.75 Å². The Kier molecular flexibility index (Phi) is 4.37. The average Bonchev–Trinajstić information content (AvgIpc) is 2.39. The number of methoxy groups -OCH3 is 1. The van der Waals surface area contributed by atoms with Crippen LogP contribution in [0.2, 0.25) is 0 Å². The van der Waals surface area contributed by atoms with Gasteiger partial charge in [-0.15, -0.1) is 0 Å². The second-order valence-electron chi connectivity index (χ2n) is 4.24. The third kappa shape index (κ3) is 3.23. The summed E-state index contributed by atoms with van der Waals surface area (Å²) in [6.45, 7) is 4.01. The Bertz CT molecular complexity index is 574. The van der Waals surface area contributed by atoms with Crippen LogP contribution in [-0.4, -0.2) is 17.1 Å². The molecule has 2 rings (SSSR count). The normalized spacial score (nSPS) is 12.0. The van der Waals surface area contributed by atoms with Gasteiger partial charge in [-0.05, 0) is 32.0 Å². The maximum absolute atomic E-state index is 5.35. The number of benzene rings is 1. The van der Waals surface area contributed by atoms with Crippen LogP contribution in [0.25, 0.3) is 0 Å². The monoisotopic (exact) mass is 321 g/mol. The van der Waals surface area contributed by atoms with E-state index in [2.05, 4.69) is 38.1 Å². The minimum atomic E-state index is 0.0527. The summed E-state index contributed by atoms with van der Waals surface area (Å²) in [4.78, 5) is 8.63. The minimum Gasteiger partial charge on any atom is -0.495 e. The first kappa shape index (κ1) is 13.8. The van der Waals surface area contributed by atoms with E-state index < -0.39 is 0 Å². The van der Waals surface area contributed by atoms with Gasteiger partial charge in [0.15, 0.2) is 0 Å². The Labute approximate surface area is 121 Å². The van der Waals surface area contributed by atoms with Crippen LogP contribution in [0.4, 0.5) is 5.69 Å². The zero-order valence-electron chi connectivity index (χ0n) is 11.1. The van der Waals surface area contributed by atoms with Crippen molar-refractivity contribution in [3.05, 3.63) is 46.5 Å². The molecule has 0 bridgehead atoms. The summed E-state index contributed by atoms with van der Waals surface area (Å²) in [6, 6.07) is 5.91. The molecule has 0 fully saturated rings. The van der Waals surface area contributed by atoms with E-state index >= 15 is 0 Å². The molecule has 1 N–H and O–H groups in total. The number of aryl methyl sites for hydroxylation is 1. The number of ether oxygens (including phenoxy) is 1. The molecule has 0 radical (unpaired) electrons. The van der Waals surface area contributed by atoms with Gasteiger partial charge in [-0.1, -0.05) is 15.9 Å². The fourth-order valence-corrected chi connectivity index (χ4v) is 2.30. The van der Waals surface area contributed by atoms with Gasteiger partial charge >= 0.3 is 0 Å². The van der Waals surface area contributed by atoms with Gasteiger partial charge in [0.25, 0.3) is 0 Å². The maximum Gasteiger partial charge on any atom is 0.142 e. The maximum atomic E-state index is 5.35. The van der Waals surface area contributed by atoms with Gasteiger partial charge in [0.05, 0.1) is 30.2 Å². The summed E-state index contributed by atoms with van der Waals surface area (Å²) in [7, 11) is 1.66. The quantitative estimate of drug-likeness (QED) is 0.932. The van der Waals surface area contributed by atoms with Crippen molar-refractivity contribution < 1.29 is 4.74 Å². The molecule has 1 aromatic heterocycles. The molecule has 0 aliphatic carbocycles. The Morgan fingerprint density at radius 3 is 2.68 bits per heavy atom. The molecule has 0 aliphatic heterocycles. The summed E-state index contributed by atoms with van der Waals surface area (Å²) in [5.74, 6) is 0.802. The molecule has 1 heterocycles. The number of hydrogen-bond acceptors (Lipinski definition) is 4. The number of hydrogen-bond donors (Lipinski definition) is 1. The fraction of sp³-hybridized carbons (Fsp3) is 0.286. The molecule has 19 heavy (non-hydrogen) atoms. The van der Waals surface area contributed by atoms with Crippen LogP contribution >= 0.6 is 15.9 Å². The summed E-state index contributed by atoms with van der Waals surface area (Å²) >= 11 is 3.46. The van der Waals surface area contributed by atoms with Crippen molar-refractivity contribution in [3.63, 3.8) is 0 Å². The summed E-state index contributed by atoms with van der Waals surface area (Å²) in [5, 5.41) is 3.40. The third-order valence-electron chi connectivity index (χ3n) is 2.86. The largest absolute Gasteiger partial charge is 0.495 e. The SMILES string of the molecule is COc1ccc(Br)cc1NC(C)c1nccnc1C. The first-order valence-electron chi connectivity index (χ1n) is 5.99. The van der Waals surface area contributed by atoms with Crippen molar-refractivity contribution in [2.45, 2.75) is 19.9 Å². The van der Waals surface area contributed by atoms with Crippen molar-refractivity contribution in [2.24, 2.45) is 0 Å². The van der Waals surface area contributed by atoms with E-state index in [1.807, 2.05) is 25.1 Å². The van der Waals surface area contributed by atoms with E-state index in [0.717, 1.165) is 27.3 Å². The lowest BCUT2D eigenvalue weighted by molar-refractivity contribution is 0.416. The van der Waals surface area contributed by atoms with Gasteiger partial charge in [0.2, 0.25) is 0 Å². The number of rotatable bonds is 4. The standard InChI is InChI=1S/C14H16BrN3O/c1-9-14(17-7-6-16-9)10(2)18-12-8-11(15)4-5-13(12)19-3/h4-8,10,18H,1-3H3. The molecule has 1 unspecified atom stereocenters. The highest BCUT2D eigenvalue weighted by Gasteiger charge is 2.13. The molecule has 1 aromatic carbocycles. The Morgan fingerprint density at radius 1 is 1.26 bits per heavy atom. The molecular weight excluding hydrogens is 306 g/mol. The molecule has 0 spiro atoms. The lowest BCUT2D eigenvalue weighted by Gasteiger charge is -2.18. The highest BCUT2D eigenvalue weighted by Crippen LogP contribution is 2.30. The van der Waals surface area contributed by atoms with E-state index in [1.54, 1.807) is 19.5 Å². The molecule has 100 valence electrons. The fourth-order valence-electron chi connectivity index (χ4n) is 1.94. The van der Waals surface area contributed by atoms with Gasteiger partial charge in [-0.25, -0.2) is 0 Å². The predicted octanol–water partition coefficient (Wildman–Crippen LogP) is 3.73. The molecule has 5 heteroatoms. The van der Waals surface area contributed by atoms with Crippen LogP contribution < -0.4 is 10.1 Å². The van der Waals surface area contributed by atoms with E-state index in [1.165, 1.54) is 0 Å². The predicted molar refractivity (Wildman–Crippen MR) is 79.5 cm³/mol. The topological polar surface area (TPSA) is 47.0 Å². The molecule has 0 saturated carbocycles. The zero-order valence-corrected chi connectivity index (χ0v) is 12.7. The zero-order chi connectivity index (χ0) is 13.8. The Balaban J connectivity index is 2.26. The lowest BCUT2D eigenvalue weighted by atomic mass is 10.1. The first-order chi connectivity index (χ1) is 9.11. The van der Waals surface area contributed by atoms with Crippen LogP contribution in [0.15, 0.2) is 35.1 Å². The van der Waals surface area contributed by atoms with Crippen molar-refractivity contribution in [1.82, 2.24) is 9.97 Å². The number of anilines is 1. The van der Waals surface area contributed by atoms with Gasteiger partial charge in [0.1, 0.15) is 5.75 Å². The number of nitrogens with zero attached hydrogens (tertiary/aromatic N) is 2. The summed E-state index contributed by atoms with van der Waals surface area (Å²) < 4.78 is 6.35. The lowest BCUT2D eigenvalue weighted by Crippen LogP contribution is -2.11. The smallest absolute Gasteiger partial charge is 0.142 e. The minimum absolute atomic E-state index is 0.0527. The van der Waals surface area contributed by atoms with E-state index in [4.69, 9.17) is 4.74 Å². The van der Waals surface area contributed by atoms with Crippen LogP contribution in [-0.2, 0) is 0 Å². The number of halogens is 1. The first-order valence-corrected chi connectivity index (χ1v) is 6.78. The second-order valence-corrected chi connectivity index (χ2v) is 5.15. The van der Waals surface area contributed by atoms with Crippen LogP contribution in [0.1, 0.15) is 24.4 Å². The highest BCUT2D eigenvalue weighted by atomic mass is 79.9. The van der Waals surface area contributed by atoms with Crippen molar-refractivity contribution in [2.75, 3.05) is 12.4 Å². The molecule has 4 nitrogen and oxygen atoms in total. The Hall–Kier alpha value is -1.62. The number of aromatic nitrogens is 2. The van der Waals surface area contributed by atoms with E-state index in [0.29, 0.717) is 0 Å². The highest BCUT2D eigenvalue weighted by molar-refractivity contribution is 9.10. The molecule has 2 aromatic rings. The molecule has 0 saturated heterocycles. The second kappa shape index (κ2) is 6.02.